The van der Waals surface area contributed by atoms with Crippen molar-refractivity contribution in [2.75, 3.05) is 7.05 Å². The van der Waals surface area contributed by atoms with Gasteiger partial charge in [0.2, 0.25) is 11.1 Å². The molecule has 3 amide bonds. The Hall–Kier alpha value is -1.64. The second-order valence-electron chi connectivity index (χ2n) is 3.97. The van der Waals surface area contributed by atoms with Crippen molar-refractivity contribution in [3.05, 3.63) is 0 Å². The Morgan fingerprint density at radius 1 is 1.50 bits per heavy atom. The zero-order valence-electron chi connectivity index (χ0n) is 10.1. The van der Waals surface area contributed by atoms with Crippen LogP contribution in [0.3, 0.4) is 0 Å². The fraction of sp³-hybridized carbons (Fsp3) is 0.667. The van der Waals surface area contributed by atoms with Crippen LogP contribution in [0.2, 0.25) is 0 Å². The molecule has 0 aromatic carbocycles. The molecule has 18 heavy (non-hydrogen) atoms. The summed E-state index contributed by atoms with van der Waals surface area (Å²) in [6.45, 7) is 1.70. The van der Waals surface area contributed by atoms with Gasteiger partial charge in [-0.15, -0.1) is 5.10 Å². The summed E-state index contributed by atoms with van der Waals surface area (Å²) in [6, 6.07) is -0.161. The van der Waals surface area contributed by atoms with Crippen molar-refractivity contribution in [2.45, 2.75) is 36.2 Å². The average Bonchev–Trinajstić information content (AvgIpc) is 3.10. The van der Waals surface area contributed by atoms with E-state index in [1.54, 1.807) is 11.6 Å². The number of nitrogens with zero attached hydrogens (tertiary/aromatic N) is 4. The van der Waals surface area contributed by atoms with Crippen molar-refractivity contribution >= 4 is 23.7 Å². The molecule has 0 aliphatic heterocycles. The molecular weight excluding hydrogens is 256 g/mol. The molecule has 2 N–H and O–H groups in total. The van der Waals surface area contributed by atoms with Crippen LogP contribution in [0.1, 0.15) is 25.8 Å². The molecule has 2 rings (SSSR count). The number of nitrogens with one attached hydrogen (secondary N) is 2. The summed E-state index contributed by atoms with van der Waals surface area (Å²) in [5.41, 5.74) is 0. The van der Waals surface area contributed by atoms with Crippen molar-refractivity contribution < 1.29 is 9.59 Å². The Morgan fingerprint density at radius 3 is 2.83 bits per heavy atom. The lowest BCUT2D eigenvalue weighted by Gasteiger charge is -2.10. The maximum Gasteiger partial charge on any atom is 0.321 e. The monoisotopic (exact) mass is 270 g/mol. The first-order chi connectivity index (χ1) is 8.61. The second-order valence-corrected chi connectivity index (χ2v) is 5.27. The minimum Gasteiger partial charge on any atom is -0.341 e. The number of hydrogen-bond donors (Lipinski definition) is 2. The highest BCUT2D eigenvalue weighted by atomic mass is 32.2. The van der Waals surface area contributed by atoms with Crippen LogP contribution in [0.5, 0.6) is 0 Å². The summed E-state index contributed by atoms with van der Waals surface area (Å²) >= 11 is 1.24. The molecule has 1 atom stereocenters. The standard InChI is InChI=1S/C9H14N6O2S/c1-5(7(16)11-8(17)10-2)18-9-12-13-14-15(9)6-3-4-6/h5-6H,3-4H2,1-2H3,(H2,10,11,16,17). The van der Waals surface area contributed by atoms with E-state index in [2.05, 4.69) is 26.2 Å². The van der Waals surface area contributed by atoms with Crippen molar-refractivity contribution in [2.24, 2.45) is 0 Å². The smallest absolute Gasteiger partial charge is 0.321 e. The van der Waals surface area contributed by atoms with Gasteiger partial charge in [-0.2, -0.15) is 0 Å². The Labute approximate surface area is 108 Å². The summed E-state index contributed by atoms with van der Waals surface area (Å²) in [5, 5.41) is 16.1. The van der Waals surface area contributed by atoms with Crippen LogP contribution in [0.15, 0.2) is 5.16 Å². The third kappa shape index (κ3) is 2.97. The van der Waals surface area contributed by atoms with Gasteiger partial charge in [0.05, 0.1) is 11.3 Å². The molecule has 9 heteroatoms. The number of rotatable bonds is 4. The maximum absolute atomic E-state index is 11.7. The van der Waals surface area contributed by atoms with E-state index in [0.717, 1.165) is 12.8 Å². The predicted octanol–water partition coefficient (Wildman–Crippen LogP) is -0.0558. The number of imide groups is 1. The predicted molar refractivity (Wildman–Crippen MR) is 64.0 cm³/mol. The van der Waals surface area contributed by atoms with Crippen LogP contribution in [0, 0.1) is 0 Å². The number of thioether (sulfide) groups is 1. The fourth-order valence-corrected chi connectivity index (χ4v) is 2.16. The Balaban J connectivity index is 1.93. The highest BCUT2D eigenvalue weighted by Crippen LogP contribution is 2.37. The normalized spacial score (nSPS) is 16.1. The van der Waals surface area contributed by atoms with Gasteiger partial charge in [-0.3, -0.25) is 10.1 Å². The van der Waals surface area contributed by atoms with E-state index in [0.29, 0.717) is 11.2 Å². The lowest BCUT2D eigenvalue weighted by atomic mass is 10.4. The third-order valence-corrected chi connectivity index (χ3v) is 3.52. The fourth-order valence-electron chi connectivity index (χ4n) is 1.30. The van der Waals surface area contributed by atoms with E-state index in [9.17, 15) is 9.59 Å². The molecular formula is C9H14N6O2S. The zero-order valence-corrected chi connectivity index (χ0v) is 10.9. The average molecular weight is 270 g/mol. The van der Waals surface area contributed by atoms with E-state index in [-0.39, 0.29) is 5.91 Å². The van der Waals surface area contributed by atoms with Crippen molar-refractivity contribution in [3.63, 3.8) is 0 Å². The highest BCUT2D eigenvalue weighted by molar-refractivity contribution is 8.00. The number of aromatic nitrogens is 4. The van der Waals surface area contributed by atoms with E-state index >= 15 is 0 Å². The van der Waals surface area contributed by atoms with Gasteiger partial charge in [0.15, 0.2) is 0 Å². The maximum atomic E-state index is 11.7. The topological polar surface area (TPSA) is 102 Å². The molecule has 1 heterocycles. The summed E-state index contributed by atoms with van der Waals surface area (Å²) in [6.07, 6.45) is 2.13. The minimum absolute atomic E-state index is 0.358. The van der Waals surface area contributed by atoms with Crippen molar-refractivity contribution in [3.8, 4) is 0 Å². The summed E-state index contributed by atoms with van der Waals surface area (Å²) in [5.74, 6) is -0.371. The molecule has 1 aromatic rings. The molecule has 8 nitrogen and oxygen atoms in total. The molecule has 1 unspecified atom stereocenters. The van der Waals surface area contributed by atoms with Crippen LogP contribution in [-0.2, 0) is 4.79 Å². The first-order valence-corrected chi connectivity index (χ1v) is 6.47. The van der Waals surface area contributed by atoms with Gasteiger partial charge in [-0.05, 0) is 30.2 Å². The highest BCUT2D eigenvalue weighted by Gasteiger charge is 2.29. The lowest BCUT2D eigenvalue weighted by molar-refractivity contribution is -0.119. The van der Waals surface area contributed by atoms with Gasteiger partial charge in [-0.1, -0.05) is 11.8 Å². The third-order valence-electron chi connectivity index (χ3n) is 2.47. The molecule has 1 fully saturated rings. The van der Waals surface area contributed by atoms with Crippen molar-refractivity contribution in [1.82, 2.24) is 30.8 Å². The van der Waals surface area contributed by atoms with E-state index in [1.165, 1.54) is 18.8 Å². The Kier molecular flexibility index (Phi) is 3.80. The molecule has 1 saturated carbocycles. The SMILES string of the molecule is CNC(=O)NC(=O)C(C)Sc1nnnn1C1CC1. The van der Waals surface area contributed by atoms with Gasteiger partial charge in [0.25, 0.3) is 0 Å². The van der Waals surface area contributed by atoms with Gasteiger partial charge >= 0.3 is 6.03 Å². The summed E-state index contributed by atoms with van der Waals surface area (Å²) < 4.78 is 1.73. The second kappa shape index (κ2) is 5.34. The summed E-state index contributed by atoms with van der Waals surface area (Å²) in [4.78, 5) is 22.7. The minimum atomic E-state index is -0.519. The zero-order chi connectivity index (χ0) is 13.1. The molecule has 1 aromatic heterocycles. The summed E-state index contributed by atoms with van der Waals surface area (Å²) in [7, 11) is 1.45. The van der Waals surface area contributed by atoms with Gasteiger partial charge in [0, 0.05) is 7.05 Å². The van der Waals surface area contributed by atoms with Gasteiger partial charge in [0.1, 0.15) is 0 Å². The molecule has 1 aliphatic carbocycles. The first-order valence-electron chi connectivity index (χ1n) is 5.59. The van der Waals surface area contributed by atoms with Crippen LogP contribution >= 0.6 is 11.8 Å². The largest absolute Gasteiger partial charge is 0.341 e. The van der Waals surface area contributed by atoms with E-state index in [4.69, 9.17) is 0 Å². The number of hydrogen-bond acceptors (Lipinski definition) is 6. The van der Waals surface area contributed by atoms with Crippen LogP contribution in [0.4, 0.5) is 4.79 Å². The number of amides is 3. The van der Waals surface area contributed by atoms with Crippen LogP contribution in [0.25, 0.3) is 0 Å². The van der Waals surface area contributed by atoms with Crippen LogP contribution in [-0.4, -0.2) is 44.4 Å². The van der Waals surface area contributed by atoms with Gasteiger partial charge in [-0.25, -0.2) is 9.48 Å². The number of carbonyl (C=O) groups is 2. The van der Waals surface area contributed by atoms with Gasteiger partial charge < -0.3 is 5.32 Å². The van der Waals surface area contributed by atoms with Crippen LogP contribution < -0.4 is 10.6 Å². The molecule has 0 bridgehead atoms. The number of tetrazole rings is 1. The lowest BCUT2D eigenvalue weighted by Crippen LogP contribution is -2.41. The molecule has 0 spiro atoms. The number of urea groups is 1. The molecule has 98 valence electrons. The molecule has 1 aliphatic rings. The Bertz CT molecular complexity index is 458. The van der Waals surface area contributed by atoms with Crippen molar-refractivity contribution in [1.29, 1.82) is 0 Å². The molecule has 0 saturated heterocycles. The quantitative estimate of drug-likeness (QED) is 0.743. The first kappa shape index (κ1) is 12.8. The van der Waals surface area contributed by atoms with E-state index in [1.807, 2.05) is 0 Å². The molecule has 0 radical (unpaired) electrons. The van der Waals surface area contributed by atoms with E-state index < -0.39 is 11.3 Å². The Morgan fingerprint density at radius 2 is 2.22 bits per heavy atom. The number of carbonyl (C=O) groups excluding carboxylic acids is 2.